The van der Waals surface area contributed by atoms with E-state index in [1.807, 2.05) is 13.8 Å². The fraction of sp³-hybridized carbons (Fsp3) is 0.625. The first-order valence-electron chi connectivity index (χ1n) is 4.31. The van der Waals surface area contributed by atoms with E-state index < -0.39 is 0 Å². The molecule has 0 spiro atoms. The van der Waals surface area contributed by atoms with Crippen LogP contribution in [0.1, 0.15) is 26.7 Å². The predicted octanol–water partition coefficient (Wildman–Crippen LogP) is 1.44. The lowest BCUT2D eigenvalue weighted by molar-refractivity contribution is -0.119. The van der Waals surface area contributed by atoms with Gasteiger partial charge in [-0.05, 0) is 11.6 Å². The molecule has 5 nitrogen and oxygen atoms in total. The number of carbonyl (C=O) groups is 1. The molecule has 0 aliphatic rings. The lowest BCUT2D eigenvalue weighted by Crippen LogP contribution is -2.20. The zero-order valence-electron chi connectivity index (χ0n) is 7.78. The van der Waals surface area contributed by atoms with Gasteiger partial charge in [0.25, 0.3) is 5.95 Å². The Balaban J connectivity index is 2.41. The van der Waals surface area contributed by atoms with E-state index in [1.165, 1.54) is 6.39 Å². The van der Waals surface area contributed by atoms with Crippen molar-refractivity contribution in [1.29, 1.82) is 0 Å². The normalized spacial score (nSPS) is 12.5. The molecule has 5 heteroatoms. The first-order chi connectivity index (χ1) is 6.24. The van der Waals surface area contributed by atoms with Gasteiger partial charge in [-0.3, -0.25) is 10.1 Å². The number of rotatable bonds is 4. The highest BCUT2D eigenvalue weighted by Crippen LogP contribution is 2.07. The molecule has 1 N–H and O–H groups in total. The maximum atomic E-state index is 11.4. The van der Waals surface area contributed by atoms with Crippen molar-refractivity contribution in [3.63, 3.8) is 0 Å². The number of nitrogens with one attached hydrogen (secondary N) is 1. The molecule has 0 aromatic carbocycles. The van der Waals surface area contributed by atoms with E-state index >= 15 is 0 Å². The Morgan fingerprint density at radius 3 is 3.08 bits per heavy atom. The van der Waals surface area contributed by atoms with Gasteiger partial charge in [0.05, 0.1) is 0 Å². The molecule has 0 saturated heterocycles. The summed E-state index contributed by atoms with van der Waals surface area (Å²) in [6, 6.07) is 0. The van der Waals surface area contributed by atoms with Crippen LogP contribution in [0.5, 0.6) is 0 Å². The van der Waals surface area contributed by atoms with Gasteiger partial charge in [0, 0.05) is 5.92 Å². The van der Waals surface area contributed by atoms with Crippen molar-refractivity contribution in [3.8, 4) is 0 Å². The molecule has 72 valence electrons. The van der Waals surface area contributed by atoms with Gasteiger partial charge in [-0.1, -0.05) is 20.3 Å². The number of hydrogen-bond donors (Lipinski definition) is 1. The summed E-state index contributed by atoms with van der Waals surface area (Å²) in [6.07, 6.45) is 3.03. The predicted molar refractivity (Wildman–Crippen MR) is 47.0 cm³/mol. The summed E-state index contributed by atoms with van der Waals surface area (Å²) in [5, 5.41) is 6.03. The fourth-order valence-corrected chi connectivity index (χ4v) is 1.02. The molecule has 1 aromatic rings. The van der Waals surface area contributed by atoms with Gasteiger partial charge >= 0.3 is 0 Å². The van der Waals surface area contributed by atoms with Crippen LogP contribution < -0.4 is 5.32 Å². The van der Waals surface area contributed by atoms with Gasteiger partial charge in [-0.15, -0.1) is 0 Å². The van der Waals surface area contributed by atoms with Crippen LogP contribution in [0, 0.1) is 5.92 Å². The van der Waals surface area contributed by atoms with E-state index in [2.05, 4.69) is 20.0 Å². The third kappa shape index (κ3) is 2.85. The van der Waals surface area contributed by atoms with Gasteiger partial charge < -0.3 is 4.52 Å². The van der Waals surface area contributed by atoms with Gasteiger partial charge in [0.2, 0.25) is 12.3 Å². The van der Waals surface area contributed by atoms with Crippen LogP contribution in [0.4, 0.5) is 5.95 Å². The second-order valence-electron chi connectivity index (χ2n) is 2.93. The average molecular weight is 183 g/mol. The van der Waals surface area contributed by atoms with Crippen molar-refractivity contribution in [2.45, 2.75) is 26.7 Å². The van der Waals surface area contributed by atoms with Crippen LogP contribution >= 0.6 is 0 Å². The Kier molecular flexibility index (Phi) is 3.42. The summed E-state index contributed by atoms with van der Waals surface area (Å²) >= 11 is 0. The minimum Gasteiger partial charge on any atom is -0.341 e. The molecule has 0 fully saturated rings. The maximum absolute atomic E-state index is 11.4. The van der Waals surface area contributed by atoms with Crippen LogP contribution in [0.3, 0.4) is 0 Å². The molecule has 0 radical (unpaired) electrons. The summed E-state index contributed by atoms with van der Waals surface area (Å²) in [4.78, 5) is 15.1. The molecule has 1 heterocycles. The van der Waals surface area contributed by atoms with Gasteiger partial charge in [0.1, 0.15) is 0 Å². The third-order valence-corrected chi connectivity index (χ3v) is 1.77. The fourth-order valence-electron chi connectivity index (χ4n) is 1.02. The first-order valence-corrected chi connectivity index (χ1v) is 4.31. The molecular formula is C8H13N3O2. The molecule has 0 aliphatic carbocycles. The molecule has 1 unspecified atom stereocenters. The maximum Gasteiger partial charge on any atom is 0.269 e. The second-order valence-corrected chi connectivity index (χ2v) is 2.93. The average Bonchev–Trinajstić information content (AvgIpc) is 2.57. The van der Waals surface area contributed by atoms with Crippen molar-refractivity contribution in [2.24, 2.45) is 5.92 Å². The summed E-state index contributed by atoms with van der Waals surface area (Å²) in [5.74, 6) is 0.153. The highest BCUT2D eigenvalue weighted by atomic mass is 16.5. The summed E-state index contributed by atoms with van der Waals surface area (Å²) in [6.45, 7) is 3.91. The van der Waals surface area contributed by atoms with Gasteiger partial charge in [0.15, 0.2) is 0 Å². The van der Waals surface area contributed by atoms with Crippen molar-refractivity contribution < 1.29 is 9.32 Å². The van der Waals surface area contributed by atoms with Gasteiger partial charge in [-0.25, -0.2) is 0 Å². The standard InChI is InChI=1S/C8H13N3O2/c1-3-4-6(2)7(12)10-8-9-5-13-11-8/h5-6H,3-4H2,1-2H3,(H,10,11,12). The Bertz CT molecular complexity index is 258. The largest absolute Gasteiger partial charge is 0.341 e. The van der Waals surface area contributed by atoms with E-state index in [0.717, 1.165) is 12.8 Å². The molecular weight excluding hydrogens is 170 g/mol. The number of amides is 1. The van der Waals surface area contributed by atoms with Crippen molar-refractivity contribution >= 4 is 11.9 Å². The Labute approximate surface area is 76.5 Å². The van der Waals surface area contributed by atoms with E-state index in [9.17, 15) is 4.79 Å². The summed E-state index contributed by atoms with van der Waals surface area (Å²) < 4.78 is 4.48. The minimum absolute atomic E-state index is 0.0106. The van der Waals surface area contributed by atoms with Crippen molar-refractivity contribution in [1.82, 2.24) is 10.1 Å². The highest BCUT2D eigenvalue weighted by molar-refractivity contribution is 5.90. The molecule has 0 aliphatic heterocycles. The van der Waals surface area contributed by atoms with Crippen LogP contribution in [-0.2, 0) is 4.79 Å². The molecule has 13 heavy (non-hydrogen) atoms. The molecule has 0 saturated carbocycles. The summed E-state index contributed by atoms with van der Waals surface area (Å²) in [5.41, 5.74) is 0. The number of carbonyl (C=O) groups excluding carboxylic acids is 1. The molecule has 1 rings (SSSR count). The third-order valence-electron chi connectivity index (χ3n) is 1.77. The molecule has 0 bridgehead atoms. The Hall–Kier alpha value is -1.39. The Morgan fingerprint density at radius 2 is 2.54 bits per heavy atom. The monoisotopic (exact) mass is 183 g/mol. The number of anilines is 1. The van der Waals surface area contributed by atoms with Crippen molar-refractivity contribution in [2.75, 3.05) is 5.32 Å². The Morgan fingerprint density at radius 1 is 1.77 bits per heavy atom. The highest BCUT2D eigenvalue weighted by Gasteiger charge is 2.13. The van der Waals surface area contributed by atoms with Crippen LogP contribution in [0.15, 0.2) is 10.9 Å². The smallest absolute Gasteiger partial charge is 0.269 e. The van der Waals surface area contributed by atoms with Crippen LogP contribution in [0.25, 0.3) is 0 Å². The molecule has 1 atom stereocenters. The second kappa shape index (κ2) is 4.59. The van der Waals surface area contributed by atoms with E-state index in [-0.39, 0.29) is 17.8 Å². The SMILES string of the molecule is CCCC(C)C(=O)Nc1ncon1. The van der Waals surface area contributed by atoms with Crippen LogP contribution in [-0.4, -0.2) is 16.0 Å². The van der Waals surface area contributed by atoms with E-state index in [4.69, 9.17) is 0 Å². The number of nitrogens with zero attached hydrogens (tertiary/aromatic N) is 2. The number of hydrogen-bond acceptors (Lipinski definition) is 4. The molecule has 1 aromatic heterocycles. The lowest BCUT2D eigenvalue weighted by Gasteiger charge is -2.07. The summed E-state index contributed by atoms with van der Waals surface area (Å²) in [7, 11) is 0. The lowest BCUT2D eigenvalue weighted by atomic mass is 10.1. The molecule has 1 amide bonds. The zero-order chi connectivity index (χ0) is 9.68. The van der Waals surface area contributed by atoms with Gasteiger partial charge in [-0.2, -0.15) is 4.98 Å². The topological polar surface area (TPSA) is 68.0 Å². The minimum atomic E-state index is -0.0664. The van der Waals surface area contributed by atoms with E-state index in [1.54, 1.807) is 0 Å². The van der Waals surface area contributed by atoms with Crippen molar-refractivity contribution in [3.05, 3.63) is 6.39 Å². The number of aromatic nitrogens is 2. The first kappa shape index (κ1) is 9.70. The zero-order valence-corrected chi connectivity index (χ0v) is 7.78. The van der Waals surface area contributed by atoms with Crippen LogP contribution in [0.2, 0.25) is 0 Å². The quantitative estimate of drug-likeness (QED) is 0.767. The van der Waals surface area contributed by atoms with E-state index in [0.29, 0.717) is 0 Å².